The van der Waals surface area contributed by atoms with Crippen LogP contribution in [-0.2, 0) is 13.0 Å². The molecular formula is C21H24F2N2O. The van der Waals surface area contributed by atoms with Gasteiger partial charge in [0, 0.05) is 43.8 Å². The smallest absolute Gasteiger partial charge is 0.163 e. The van der Waals surface area contributed by atoms with Gasteiger partial charge in [0.2, 0.25) is 0 Å². The maximum Gasteiger partial charge on any atom is 0.163 e. The fourth-order valence-electron chi connectivity index (χ4n) is 4.34. The maximum atomic E-state index is 14.2. The molecule has 0 aliphatic carbocycles. The van der Waals surface area contributed by atoms with Gasteiger partial charge < -0.3 is 5.11 Å². The fourth-order valence-corrected chi connectivity index (χ4v) is 4.34. The second-order valence-electron chi connectivity index (χ2n) is 7.48. The molecule has 0 saturated carbocycles. The van der Waals surface area contributed by atoms with E-state index in [1.165, 1.54) is 5.56 Å². The topological polar surface area (TPSA) is 26.7 Å². The van der Waals surface area contributed by atoms with E-state index in [0.717, 1.165) is 32.0 Å². The Bertz CT molecular complexity index is 755. The Labute approximate surface area is 152 Å². The first-order chi connectivity index (χ1) is 12.6. The molecule has 0 unspecified atom stereocenters. The highest BCUT2D eigenvalue weighted by Crippen LogP contribution is 2.28. The number of fused-ring (bicyclic) bond motifs is 1. The summed E-state index contributed by atoms with van der Waals surface area (Å²) in [6.07, 6.45) is 1.32. The van der Waals surface area contributed by atoms with E-state index in [1.54, 1.807) is 12.1 Å². The summed E-state index contributed by atoms with van der Waals surface area (Å²) in [5.41, 5.74) is 1.63. The maximum absolute atomic E-state index is 14.2. The van der Waals surface area contributed by atoms with E-state index in [2.05, 4.69) is 21.9 Å². The molecule has 1 N–H and O–H groups in total. The quantitative estimate of drug-likeness (QED) is 0.911. The van der Waals surface area contributed by atoms with Crippen molar-refractivity contribution in [1.82, 2.24) is 9.80 Å². The number of rotatable bonds is 4. The van der Waals surface area contributed by atoms with Crippen molar-refractivity contribution in [3.8, 4) is 0 Å². The van der Waals surface area contributed by atoms with Crippen LogP contribution in [0.15, 0.2) is 48.5 Å². The molecular weight excluding hydrogens is 334 g/mol. The standard InChI is InChI=1S/C21H24F2N2O/c22-20-8-4-7-16(21(20)23)11-24-13-18-10-19(26)14-25(18)12-17(24)9-15-5-2-1-3-6-15/h1-8,17-19,26H,9-14H2/t17-,18-,19+/m0/s1. The van der Waals surface area contributed by atoms with E-state index in [4.69, 9.17) is 0 Å². The SMILES string of the molecule is O[C@@H]1C[C@H]2CN(Cc3cccc(F)c3F)[C@@H](Cc3ccccc3)CN2C1. The number of benzene rings is 2. The summed E-state index contributed by atoms with van der Waals surface area (Å²) < 4.78 is 27.8. The fraction of sp³-hybridized carbons (Fsp3) is 0.429. The lowest BCUT2D eigenvalue weighted by Crippen LogP contribution is -2.56. The zero-order chi connectivity index (χ0) is 18.1. The second kappa shape index (κ2) is 7.43. The van der Waals surface area contributed by atoms with Crippen LogP contribution in [-0.4, -0.2) is 52.7 Å². The molecule has 2 heterocycles. The van der Waals surface area contributed by atoms with Crippen molar-refractivity contribution >= 4 is 0 Å². The van der Waals surface area contributed by atoms with Crippen LogP contribution in [0.1, 0.15) is 17.5 Å². The van der Waals surface area contributed by atoms with Crippen LogP contribution in [0.3, 0.4) is 0 Å². The molecule has 0 aromatic heterocycles. The number of nitrogens with zero attached hydrogens (tertiary/aromatic N) is 2. The summed E-state index contributed by atoms with van der Waals surface area (Å²) in [6.45, 7) is 2.71. The van der Waals surface area contributed by atoms with Crippen molar-refractivity contribution in [2.75, 3.05) is 19.6 Å². The number of hydrogen-bond acceptors (Lipinski definition) is 3. The zero-order valence-electron chi connectivity index (χ0n) is 14.7. The molecule has 0 amide bonds. The number of aliphatic hydroxyl groups excluding tert-OH is 1. The van der Waals surface area contributed by atoms with Crippen LogP contribution < -0.4 is 0 Å². The van der Waals surface area contributed by atoms with E-state index >= 15 is 0 Å². The van der Waals surface area contributed by atoms with Crippen molar-refractivity contribution in [1.29, 1.82) is 0 Å². The summed E-state index contributed by atoms with van der Waals surface area (Å²) in [5.74, 6) is -1.54. The second-order valence-corrected chi connectivity index (χ2v) is 7.48. The zero-order valence-corrected chi connectivity index (χ0v) is 14.7. The third-order valence-corrected chi connectivity index (χ3v) is 5.63. The van der Waals surface area contributed by atoms with Crippen LogP contribution >= 0.6 is 0 Å². The number of aliphatic hydroxyl groups is 1. The normalized spacial score (nSPS) is 26.8. The third kappa shape index (κ3) is 3.65. The molecule has 5 heteroatoms. The van der Waals surface area contributed by atoms with Crippen molar-refractivity contribution in [2.45, 2.75) is 37.6 Å². The molecule has 3 nitrogen and oxygen atoms in total. The molecule has 138 valence electrons. The minimum Gasteiger partial charge on any atom is -0.392 e. The van der Waals surface area contributed by atoms with Gasteiger partial charge in [-0.05, 0) is 24.5 Å². The summed E-state index contributed by atoms with van der Waals surface area (Å²) in [6, 6.07) is 15.1. The first-order valence-corrected chi connectivity index (χ1v) is 9.23. The number of piperazine rings is 1. The molecule has 2 aliphatic rings. The van der Waals surface area contributed by atoms with Crippen LogP contribution in [0.5, 0.6) is 0 Å². The first-order valence-electron chi connectivity index (χ1n) is 9.23. The van der Waals surface area contributed by atoms with E-state index in [-0.39, 0.29) is 18.2 Å². The molecule has 0 bridgehead atoms. The Morgan fingerprint density at radius 1 is 0.962 bits per heavy atom. The van der Waals surface area contributed by atoms with Crippen LogP contribution in [0.25, 0.3) is 0 Å². The van der Waals surface area contributed by atoms with Crippen molar-refractivity contribution in [3.05, 3.63) is 71.3 Å². The third-order valence-electron chi connectivity index (χ3n) is 5.63. The largest absolute Gasteiger partial charge is 0.392 e. The Morgan fingerprint density at radius 3 is 2.58 bits per heavy atom. The van der Waals surface area contributed by atoms with Crippen molar-refractivity contribution in [2.24, 2.45) is 0 Å². The van der Waals surface area contributed by atoms with Gasteiger partial charge in [0.1, 0.15) is 0 Å². The molecule has 2 aromatic rings. The predicted molar refractivity (Wildman–Crippen MR) is 96.7 cm³/mol. The van der Waals surface area contributed by atoms with Crippen LogP contribution in [0, 0.1) is 11.6 Å². The van der Waals surface area contributed by atoms with E-state index < -0.39 is 11.6 Å². The number of halogens is 2. The minimum atomic E-state index is -0.794. The monoisotopic (exact) mass is 358 g/mol. The lowest BCUT2D eigenvalue weighted by atomic mass is 9.99. The van der Waals surface area contributed by atoms with Crippen molar-refractivity contribution in [3.63, 3.8) is 0 Å². The average Bonchev–Trinajstić information content (AvgIpc) is 2.99. The summed E-state index contributed by atoms with van der Waals surface area (Å²) in [7, 11) is 0. The Morgan fingerprint density at radius 2 is 1.77 bits per heavy atom. The molecule has 2 fully saturated rings. The van der Waals surface area contributed by atoms with Gasteiger partial charge in [-0.3, -0.25) is 9.80 Å². The molecule has 3 atom stereocenters. The molecule has 26 heavy (non-hydrogen) atoms. The summed E-state index contributed by atoms with van der Waals surface area (Å²) in [4.78, 5) is 4.60. The van der Waals surface area contributed by atoms with Gasteiger partial charge in [-0.1, -0.05) is 42.5 Å². The molecule has 4 rings (SSSR count). The van der Waals surface area contributed by atoms with E-state index in [1.807, 2.05) is 18.2 Å². The molecule has 2 aromatic carbocycles. The summed E-state index contributed by atoms with van der Waals surface area (Å²) >= 11 is 0. The lowest BCUT2D eigenvalue weighted by Gasteiger charge is -2.43. The lowest BCUT2D eigenvalue weighted by molar-refractivity contribution is 0.0437. The van der Waals surface area contributed by atoms with Gasteiger partial charge >= 0.3 is 0 Å². The van der Waals surface area contributed by atoms with Gasteiger partial charge in [-0.2, -0.15) is 0 Å². The minimum absolute atomic E-state index is 0.210. The summed E-state index contributed by atoms with van der Waals surface area (Å²) in [5, 5.41) is 10.0. The first kappa shape index (κ1) is 17.6. The van der Waals surface area contributed by atoms with Gasteiger partial charge in [0.05, 0.1) is 6.10 Å². The highest BCUT2D eigenvalue weighted by atomic mass is 19.2. The molecule has 2 aliphatic heterocycles. The molecule has 0 radical (unpaired) electrons. The Hall–Kier alpha value is -1.82. The number of hydrogen-bond donors (Lipinski definition) is 1. The van der Waals surface area contributed by atoms with Crippen LogP contribution in [0.4, 0.5) is 8.78 Å². The van der Waals surface area contributed by atoms with Gasteiger partial charge in [0.15, 0.2) is 11.6 Å². The highest BCUT2D eigenvalue weighted by Gasteiger charge is 2.39. The van der Waals surface area contributed by atoms with E-state index in [0.29, 0.717) is 18.7 Å². The molecule has 0 spiro atoms. The Kier molecular flexibility index (Phi) is 5.02. The highest BCUT2D eigenvalue weighted by molar-refractivity contribution is 5.20. The average molecular weight is 358 g/mol. The van der Waals surface area contributed by atoms with Gasteiger partial charge in [-0.25, -0.2) is 8.78 Å². The van der Waals surface area contributed by atoms with Gasteiger partial charge in [0.25, 0.3) is 0 Å². The Balaban J connectivity index is 1.56. The van der Waals surface area contributed by atoms with Crippen LogP contribution in [0.2, 0.25) is 0 Å². The van der Waals surface area contributed by atoms with Gasteiger partial charge in [-0.15, -0.1) is 0 Å². The molecule has 2 saturated heterocycles. The van der Waals surface area contributed by atoms with Crippen molar-refractivity contribution < 1.29 is 13.9 Å². The predicted octanol–water partition coefficient (Wildman–Crippen LogP) is 2.83. The van der Waals surface area contributed by atoms with E-state index in [9.17, 15) is 13.9 Å².